The number of nitrogens with two attached hydrogens (primary N) is 1. The molecule has 1 amide bonds. The summed E-state index contributed by atoms with van der Waals surface area (Å²) in [4.78, 5) is 11.5. The van der Waals surface area contributed by atoms with E-state index in [0.29, 0.717) is 53.0 Å². The lowest BCUT2D eigenvalue weighted by Gasteiger charge is -2.19. The minimum absolute atomic E-state index is 0. The van der Waals surface area contributed by atoms with Gasteiger partial charge in [0.2, 0.25) is 0 Å². The van der Waals surface area contributed by atoms with Gasteiger partial charge in [-0.2, -0.15) is 0 Å². The number of halogens is 3. The first-order valence-electron chi connectivity index (χ1n) is 12.0. The Morgan fingerprint density at radius 1 is 0.875 bits per heavy atom. The second-order valence-electron chi connectivity index (χ2n) is 8.99. The SMILES string of the molecule is CC(C)(C)OC(=O)NCCOc1cc(-c2cccc(Cl)c2)on1.Cl.NCCOc1cc(-c2cccc(Cl)c2)on1. The Balaban J connectivity index is 0.000000290. The topological polar surface area (TPSA) is 135 Å². The minimum Gasteiger partial charge on any atom is -0.474 e. The van der Waals surface area contributed by atoms with Gasteiger partial charge in [-0.25, -0.2) is 4.79 Å². The van der Waals surface area contributed by atoms with Crippen LogP contribution in [0.1, 0.15) is 20.8 Å². The number of nitrogens with zero attached hydrogens (tertiary/aromatic N) is 2. The predicted octanol–water partition coefficient (Wildman–Crippen LogP) is 6.65. The number of aromatic nitrogens is 2. The number of amides is 1. The molecule has 216 valence electrons. The first kappa shape index (κ1) is 32.8. The van der Waals surface area contributed by atoms with Crippen LogP contribution in [0, 0.1) is 0 Å². The molecule has 2 heterocycles. The lowest BCUT2D eigenvalue weighted by molar-refractivity contribution is 0.0519. The van der Waals surface area contributed by atoms with Gasteiger partial charge in [-0.15, -0.1) is 12.4 Å². The first-order chi connectivity index (χ1) is 18.6. The molecule has 0 aliphatic carbocycles. The van der Waals surface area contributed by atoms with Crippen LogP contribution in [-0.2, 0) is 4.74 Å². The molecule has 13 heteroatoms. The van der Waals surface area contributed by atoms with Crippen LogP contribution in [0.4, 0.5) is 4.79 Å². The van der Waals surface area contributed by atoms with Gasteiger partial charge in [0.1, 0.15) is 18.8 Å². The maximum absolute atomic E-state index is 11.5. The quantitative estimate of drug-likeness (QED) is 0.199. The molecule has 0 aliphatic rings. The third-order valence-electron chi connectivity index (χ3n) is 4.58. The Bertz CT molecular complexity index is 1340. The average Bonchev–Trinajstić information content (AvgIpc) is 3.55. The van der Waals surface area contributed by atoms with Gasteiger partial charge in [-0.1, -0.05) is 47.5 Å². The lowest BCUT2D eigenvalue weighted by Crippen LogP contribution is -2.34. The molecule has 0 radical (unpaired) electrons. The summed E-state index contributed by atoms with van der Waals surface area (Å²) in [6, 6.07) is 17.9. The summed E-state index contributed by atoms with van der Waals surface area (Å²) < 4.78 is 26.1. The van der Waals surface area contributed by atoms with Crippen molar-refractivity contribution >= 4 is 41.7 Å². The zero-order valence-electron chi connectivity index (χ0n) is 22.2. The molecule has 4 aromatic rings. The number of carbonyl (C=O) groups excluding carboxylic acids is 1. The summed E-state index contributed by atoms with van der Waals surface area (Å²) in [5.74, 6) is 1.95. The molecule has 0 spiro atoms. The highest BCUT2D eigenvalue weighted by molar-refractivity contribution is 6.31. The van der Waals surface area contributed by atoms with Gasteiger partial charge in [-0.3, -0.25) is 0 Å². The third-order valence-corrected chi connectivity index (χ3v) is 5.05. The largest absolute Gasteiger partial charge is 0.474 e. The number of alkyl carbamates (subject to hydrolysis) is 1. The van der Waals surface area contributed by atoms with E-state index >= 15 is 0 Å². The van der Waals surface area contributed by atoms with Crippen molar-refractivity contribution < 1.29 is 28.1 Å². The van der Waals surface area contributed by atoms with Gasteiger partial charge >= 0.3 is 6.09 Å². The van der Waals surface area contributed by atoms with E-state index in [4.69, 9.17) is 52.2 Å². The predicted molar refractivity (Wildman–Crippen MR) is 155 cm³/mol. The third kappa shape index (κ3) is 11.4. The Morgan fingerprint density at radius 3 is 1.82 bits per heavy atom. The molecular weight excluding hydrogens is 583 g/mol. The number of carbonyl (C=O) groups is 1. The first-order valence-corrected chi connectivity index (χ1v) is 12.8. The van der Waals surface area contributed by atoms with Gasteiger partial charge in [0.05, 0.1) is 6.54 Å². The van der Waals surface area contributed by atoms with Crippen LogP contribution >= 0.6 is 35.6 Å². The summed E-state index contributed by atoms with van der Waals surface area (Å²) >= 11 is 11.8. The number of rotatable bonds is 9. The molecule has 0 saturated carbocycles. The van der Waals surface area contributed by atoms with E-state index in [1.807, 2.05) is 24.3 Å². The zero-order chi connectivity index (χ0) is 28.3. The molecule has 0 saturated heterocycles. The maximum Gasteiger partial charge on any atom is 0.407 e. The number of ether oxygens (including phenoxy) is 3. The Kier molecular flexibility index (Phi) is 13.1. The molecule has 0 bridgehead atoms. The van der Waals surface area contributed by atoms with E-state index in [2.05, 4.69) is 15.6 Å². The van der Waals surface area contributed by atoms with Crippen molar-refractivity contribution in [1.82, 2.24) is 15.6 Å². The lowest BCUT2D eigenvalue weighted by atomic mass is 10.2. The van der Waals surface area contributed by atoms with Crippen LogP contribution < -0.4 is 20.5 Å². The highest BCUT2D eigenvalue weighted by Gasteiger charge is 2.15. The van der Waals surface area contributed by atoms with Gasteiger partial charge in [-0.05, 0) is 55.4 Å². The number of benzene rings is 2. The monoisotopic (exact) mass is 612 g/mol. The van der Waals surface area contributed by atoms with Crippen LogP contribution in [0.15, 0.2) is 69.7 Å². The van der Waals surface area contributed by atoms with Crippen molar-refractivity contribution in [3.8, 4) is 34.4 Å². The average molecular weight is 614 g/mol. The number of hydrogen-bond donors (Lipinski definition) is 2. The number of hydrogen-bond acceptors (Lipinski definition) is 9. The van der Waals surface area contributed by atoms with E-state index in [-0.39, 0.29) is 19.0 Å². The fourth-order valence-corrected chi connectivity index (χ4v) is 3.38. The van der Waals surface area contributed by atoms with E-state index in [0.717, 1.165) is 11.1 Å². The van der Waals surface area contributed by atoms with Crippen molar-refractivity contribution in [3.05, 3.63) is 70.7 Å². The minimum atomic E-state index is -0.525. The molecule has 0 atom stereocenters. The van der Waals surface area contributed by atoms with E-state index in [9.17, 15) is 4.79 Å². The molecule has 4 rings (SSSR count). The zero-order valence-corrected chi connectivity index (χ0v) is 24.5. The van der Waals surface area contributed by atoms with Crippen LogP contribution in [-0.4, -0.2) is 48.3 Å². The van der Waals surface area contributed by atoms with Crippen LogP contribution in [0.25, 0.3) is 22.6 Å². The maximum atomic E-state index is 11.5. The summed E-state index contributed by atoms with van der Waals surface area (Å²) in [6.45, 7) is 6.82. The fraction of sp³-hybridized carbons (Fsp3) is 0.296. The molecule has 2 aromatic heterocycles. The molecule has 40 heavy (non-hydrogen) atoms. The van der Waals surface area contributed by atoms with Gasteiger partial charge in [0.25, 0.3) is 11.8 Å². The van der Waals surface area contributed by atoms with Crippen molar-refractivity contribution in [3.63, 3.8) is 0 Å². The number of nitrogens with one attached hydrogen (secondary N) is 1. The second-order valence-corrected chi connectivity index (χ2v) is 9.87. The highest BCUT2D eigenvalue weighted by atomic mass is 35.5. The van der Waals surface area contributed by atoms with Gasteiger partial charge in [0, 0.05) is 39.8 Å². The van der Waals surface area contributed by atoms with Gasteiger partial charge in [0.15, 0.2) is 11.5 Å². The molecule has 0 aliphatic heterocycles. The van der Waals surface area contributed by atoms with E-state index in [1.165, 1.54) is 0 Å². The summed E-state index contributed by atoms with van der Waals surface area (Å²) in [5, 5.41) is 11.4. The van der Waals surface area contributed by atoms with Crippen LogP contribution in [0.5, 0.6) is 11.8 Å². The van der Waals surface area contributed by atoms with E-state index in [1.54, 1.807) is 57.2 Å². The fourth-order valence-electron chi connectivity index (χ4n) is 3.00. The van der Waals surface area contributed by atoms with E-state index < -0.39 is 11.7 Å². The molecule has 2 aromatic carbocycles. The Hall–Kier alpha value is -3.44. The molecule has 3 N–H and O–H groups in total. The summed E-state index contributed by atoms with van der Waals surface area (Å²) in [6.07, 6.45) is -0.485. The normalized spacial score (nSPS) is 10.6. The Labute approximate surface area is 248 Å². The Morgan fingerprint density at radius 2 is 1.38 bits per heavy atom. The van der Waals surface area contributed by atoms with Crippen LogP contribution in [0.2, 0.25) is 10.0 Å². The molecule has 0 fully saturated rings. The van der Waals surface area contributed by atoms with Gasteiger partial charge < -0.3 is 34.3 Å². The highest BCUT2D eigenvalue weighted by Crippen LogP contribution is 2.26. The molecular formula is C27H31Cl3N4O6. The van der Waals surface area contributed by atoms with Crippen molar-refractivity contribution in [2.75, 3.05) is 26.3 Å². The summed E-state index contributed by atoms with van der Waals surface area (Å²) in [5.41, 5.74) is 6.46. The molecule has 0 unspecified atom stereocenters. The van der Waals surface area contributed by atoms with Crippen LogP contribution in [0.3, 0.4) is 0 Å². The smallest absolute Gasteiger partial charge is 0.407 e. The van der Waals surface area contributed by atoms with Crippen molar-refractivity contribution in [2.24, 2.45) is 5.73 Å². The second kappa shape index (κ2) is 16.0. The summed E-state index contributed by atoms with van der Waals surface area (Å²) in [7, 11) is 0. The van der Waals surface area contributed by atoms with Crippen molar-refractivity contribution in [2.45, 2.75) is 26.4 Å². The van der Waals surface area contributed by atoms with Crippen molar-refractivity contribution in [1.29, 1.82) is 0 Å². The molecule has 10 nitrogen and oxygen atoms in total. The standard InChI is InChI=1S/C16H19ClN2O4.C11H11ClN2O2.ClH/c1-16(2,3)22-15(20)18-7-8-21-14-10-13(23-19-14)11-5-4-6-12(17)9-11;12-9-3-1-2-8(6-9)10-7-11(14-16-10)15-5-4-13;/h4-6,9-10H,7-8H2,1-3H3,(H,18,20);1-3,6-7H,4-5,13H2;1H.